The van der Waals surface area contributed by atoms with Gasteiger partial charge in [0.2, 0.25) is 0 Å². The van der Waals surface area contributed by atoms with E-state index >= 15 is 0 Å². The first kappa shape index (κ1) is 14.1. The zero-order valence-corrected chi connectivity index (χ0v) is 11.4. The number of rotatable bonds is 5. The van der Waals surface area contributed by atoms with E-state index in [1.807, 2.05) is 32.9 Å². The molecule has 1 N–H and O–H groups in total. The van der Waals surface area contributed by atoms with Crippen molar-refractivity contribution < 1.29 is 9.53 Å². The van der Waals surface area contributed by atoms with Gasteiger partial charge in [-0.3, -0.25) is 4.79 Å². The summed E-state index contributed by atoms with van der Waals surface area (Å²) in [6.45, 7) is 6.96. The van der Waals surface area contributed by atoms with Crippen molar-refractivity contribution in [2.75, 3.05) is 13.2 Å². The molecule has 0 aliphatic rings. The highest BCUT2D eigenvalue weighted by Crippen LogP contribution is 2.10. The Morgan fingerprint density at radius 3 is 2.76 bits per heavy atom. The van der Waals surface area contributed by atoms with Gasteiger partial charge in [0.05, 0.1) is 5.60 Å². The SMILES string of the molecule is CCOC(C)(C)CNC(=O)c1cccc(S)c1. The molecule has 1 rings (SSSR count). The van der Waals surface area contributed by atoms with Crippen molar-refractivity contribution in [1.82, 2.24) is 5.32 Å². The van der Waals surface area contributed by atoms with Crippen molar-refractivity contribution in [2.24, 2.45) is 0 Å². The average molecular weight is 253 g/mol. The third-order valence-electron chi connectivity index (χ3n) is 2.32. The zero-order valence-electron chi connectivity index (χ0n) is 10.5. The van der Waals surface area contributed by atoms with Crippen molar-refractivity contribution in [3.8, 4) is 0 Å². The smallest absolute Gasteiger partial charge is 0.251 e. The molecular formula is C13H19NO2S. The first-order valence-electron chi connectivity index (χ1n) is 5.66. The summed E-state index contributed by atoms with van der Waals surface area (Å²) in [6, 6.07) is 7.16. The lowest BCUT2D eigenvalue weighted by molar-refractivity contribution is -0.00815. The van der Waals surface area contributed by atoms with Gasteiger partial charge in [0.15, 0.2) is 0 Å². The molecule has 0 heterocycles. The average Bonchev–Trinajstić information content (AvgIpc) is 2.26. The van der Waals surface area contributed by atoms with E-state index in [1.165, 1.54) is 0 Å². The van der Waals surface area contributed by atoms with Gasteiger partial charge >= 0.3 is 0 Å². The van der Waals surface area contributed by atoms with E-state index in [0.29, 0.717) is 18.7 Å². The number of ether oxygens (including phenoxy) is 1. The number of amides is 1. The molecule has 0 radical (unpaired) electrons. The van der Waals surface area contributed by atoms with Crippen molar-refractivity contribution >= 4 is 18.5 Å². The summed E-state index contributed by atoms with van der Waals surface area (Å²) < 4.78 is 5.51. The minimum absolute atomic E-state index is 0.103. The van der Waals surface area contributed by atoms with Crippen LogP contribution in [0.5, 0.6) is 0 Å². The molecule has 0 aliphatic heterocycles. The lowest BCUT2D eigenvalue weighted by Gasteiger charge is -2.24. The van der Waals surface area contributed by atoms with Crippen LogP contribution in [0.15, 0.2) is 29.2 Å². The van der Waals surface area contributed by atoms with Crippen LogP contribution in [-0.4, -0.2) is 24.7 Å². The molecule has 0 aromatic heterocycles. The van der Waals surface area contributed by atoms with Gasteiger partial charge in [0.25, 0.3) is 5.91 Å². The fraction of sp³-hybridized carbons (Fsp3) is 0.462. The molecule has 0 atom stereocenters. The number of carbonyl (C=O) groups is 1. The molecule has 0 spiro atoms. The topological polar surface area (TPSA) is 38.3 Å². The Labute approximate surface area is 108 Å². The molecule has 17 heavy (non-hydrogen) atoms. The molecule has 0 bridgehead atoms. The van der Waals surface area contributed by atoms with Gasteiger partial charge in [-0.05, 0) is 39.0 Å². The number of benzene rings is 1. The molecule has 0 fully saturated rings. The van der Waals surface area contributed by atoms with Crippen LogP contribution < -0.4 is 5.32 Å². The second-order valence-corrected chi connectivity index (χ2v) is 4.94. The highest BCUT2D eigenvalue weighted by Gasteiger charge is 2.18. The lowest BCUT2D eigenvalue weighted by atomic mass is 10.1. The summed E-state index contributed by atoms with van der Waals surface area (Å²) in [5.74, 6) is -0.103. The summed E-state index contributed by atoms with van der Waals surface area (Å²) in [6.07, 6.45) is 0. The number of carbonyl (C=O) groups excluding carboxylic acids is 1. The highest BCUT2D eigenvalue weighted by atomic mass is 32.1. The van der Waals surface area contributed by atoms with Crippen LogP contribution in [0, 0.1) is 0 Å². The van der Waals surface area contributed by atoms with Crippen molar-refractivity contribution in [3.63, 3.8) is 0 Å². The van der Waals surface area contributed by atoms with Gasteiger partial charge in [-0.2, -0.15) is 0 Å². The van der Waals surface area contributed by atoms with Crippen LogP contribution in [0.3, 0.4) is 0 Å². The second kappa shape index (κ2) is 6.07. The van der Waals surface area contributed by atoms with Crippen molar-refractivity contribution in [3.05, 3.63) is 29.8 Å². The Hall–Kier alpha value is -1.00. The molecule has 3 nitrogen and oxygen atoms in total. The maximum atomic E-state index is 11.8. The van der Waals surface area contributed by atoms with Gasteiger partial charge in [0.1, 0.15) is 0 Å². The monoisotopic (exact) mass is 253 g/mol. The predicted octanol–water partition coefficient (Wildman–Crippen LogP) is 2.52. The minimum atomic E-state index is -0.344. The summed E-state index contributed by atoms with van der Waals surface area (Å²) in [7, 11) is 0. The summed E-state index contributed by atoms with van der Waals surface area (Å²) in [4.78, 5) is 12.6. The van der Waals surface area contributed by atoms with E-state index in [1.54, 1.807) is 12.1 Å². The number of nitrogens with one attached hydrogen (secondary N) is 1. The quantitative estimate of drug-likeness (QED) is 0.791. The number of hydrogen-bond donors (Lipinski definition) is 2. The fourth-order valence-corrected chi connectivity index (χ4v) is 1.71. The maximum Gasteiger partial charge on any atom is 0.251 e. The molecule has 0 aliphatic carbocycles. The van der Waals surface area contributed by atoms with Crippen LogP contribution in [0.4, 0.5) is 0 Å². The standard InChI is InChI=1S/C13H19NO2S/c1-4-16-13(2,3)9-14-12(15)10-6-5-7-11(17)8-10/h5-8,17H,4,9H2,1-3H3,(H,14,15). The van der Waals surface area contributed by atoms with Crippen molar-refractivity contribution in [1.29, 1.82) is 0 Å². The van der Waals surface area contributed by atoms with Crippen LogP contribution in [-0.2, 0) is 4.74 Å². The fourth-order valence-electron chi connectivity index (χ4n) is 1.48. The minimum Gasteiger partial charge on any atom is -0.374 e. The van der Waals surface area contributed by atoms with Gasteiger partial charge in [0, 0.05) is 23.6 Å². The number of hydrogen-bond acceptors (Lipinski definition) is 3. The number of thiol groups is 1. The largest absolute Gasteiger partial charge is 0.374 e. The van der Waals surface area contributed by atoms with Gasteiger partial charge in [-0.1, -0.05) is 6.07 Å². The Morgan fingerprint density at radius 1 is 1.47 bits per heavy atom. The molecule has 0 saturated carbocycles. The zero-order chi connectivity index (χ0) is 12.9. The molecule has 1 amide bonds. The van der Waals surface area contributed by atoms with Crippen molar-refractivity contribution in [2.45, 2.75) is 31.3 Å². The van der Waals surface area contributed by atoms with Gasteiger partial charge < -0.3 is 10.1 Å². The first-order chi connectivity index (χ1) is 7.94. The van der Waals surface area contributed by atoms with E-state index in [-0.39, 0.29) is 11.5 Å². The van der Waals surface area contributed by atoms with Crippen LogP contribution in [0.1, 0.15) is 31.1 Å². The lowest BCUT2D eigenvalue weighted by Crippen LogP contribution is -2.40. The van der Waals surface area contributed by atoms with Gasteiger partial charge in [-0.25, -0.2) is 0 Å². The van der Waals surface area contributed by atoms with E-state index in [2.05, 4.69) is 17.9 Å². The van der Waals surface area contributed by atoms with E-state index in [9.17, 15) is 4.79 Å². The Balaban J connectivity index is 2.56. The molecular weight excluding hydrogens is 234 g/mol. The van der Waals surface area contributed by atoms with Crippen LogP contribution in [0.2, 0.25) is 0 Å². The van der Waals surface area contributed by atoms with E-state index < -0.39 is 0 Å². The molecule has 1 aromatic rings. The molecule has 4 heteroatoms. The molecule has 1 aromatic carbocycles. The third-order valence-corrected chi connectivity index (χ3v) is 2.60. The summed E-state index contributed by atoms with van der Waals surface area (Å²) in [5, 5.41) is 2.85. The van der Waals surface area contributed by atoms with Crippen LogP contribution in [0.25, 0.3) is 0 Å². The van der Waals surface area contributed by atoms with E-state index in [0.717, 1.165) is 4.90 Å². The normalized spacial score (nSPS) is 11.3. The van der Waals surface area contributed by atoms with Crippen LogP contribution >= 0.6 is 12.6 Å². The second-order valence-electron chi connectivity index (χ2n) is 4.43. The summed E-state index contributed by atoms with van der Waals surface area (Å²) in [5.41, 5.74) is 0.271. The predicted molar refractivity (Wildman–Crippen MR) is 71.7 cm³/mol. The molecule has 0 unspecified atom stereocenters. The Bertz CT molecular complexity index is 391. The first-order valence-corrected chi connectivity index (χ1v) is 6.10. The molecule has 0 saturated heterocycles. The van der Waals surface area contributed by atoms with E-state index in [4.69, 9.17) is 4.74 Å². The van der Waals surface area contributed by atoms with Gasteiger partial charge in [-0.15, -0.1) is 12.6 Å². The molecule has 94 valence electrons. The third kappa shape index (κ3) is 4.79. The Morgan fingerprint density at radius 2 is 2.18 bits per heavy atom. The maximum absolute atomic E-state index is 11.8. The highest BCUT2D eigenvalue weighted by molar-refractivity contribution is 7.80. The summed E-state index contributed by atoms with van der Waals surface area (Å²) >= 11 is 4.20. The Kier molecular flexibility index (Phi) is 5.02.